The fraction of sp³-hybridized carbons (Fsp3) is 0.286. The number of methoxy groups -OCH3 is 1. The smallest absolute Gasteiger partial charge is 0.251 e. The van der Waals surface area contributed by atoms with E-state index in [4.69, 9.17) is 4.74 Å². The molecule has 0 saturated heterocycles. The monoisotopic (exact) mass is 366 g/mol. The molecule has 142 valence electrons. The van der Waals surface area contributed by atoms with Gasteiger partial charge >= 0.3 is 0 Å². The van der Waals surface area contributed by atoms with Gasteiger partial charge in [0.1, 0.15) is 5.82 Å². The van der Waals surface area contributed by atoms with Gasteiger partial charge in [0.25, 0.3) is 5.91 Å². The first-order valence-electron chi connectivity index (χ1n) is 8.76. The van der Waals surface area contributed by atoms with E-state index in [1.165, 1.54) is 0 Å². The largest absolute Gasteiger partial charge is 0.383 e. The molecule has 0 aliphatic heterocycles. The zero-order chi connectivity index (χ0) is 19.6. The van der Waals surface area contributed by atoms with Crippen molar-refractivity contribution in [2.24, 2.45) is 0 Å². The third-order valence-electron chi connectivity index (χ3n) is 4.02. The van der Waals surface area contributed by atoms with Crippen LogP contribution in [0.3, 0.4) is 0 Å². The number of amides is 1. The quantitative estimate of drug-likeness (QED) is 0.499. The van der Waals surface area contributed by atoms with Crippen LogP contribution in [0, 0.1) is 6.92 Å². The first kappa shape index (κ1) is 20.3. The van der Waals surface area contributed by atoms with Crippen molar-refractivity contribution >= 4 is 11.7 Å². The van der Waals surface area contributed by atoms with E-state index >= 15 is 0 Å². The van der Waals surface area contributed by atoms with Crippen LogP contribution >= 0.6 is 0 Å². The Hall–Kier alpha value is -2.99. The van der Waals surface area contributed by atoms with Crippen molar-refractivity contribution in [2.75, 3.05) is 25.6 Å². The van der Waals surface area contributed by atoms with Crippen LogP contribution < -0.4 is 10.6 Å². The lowest BCUT2D eigenvalue weighted by molar-refractivity contribution is 0.0950. The number of ether oxygens (including phenoxy) is 1. The maximum Gasteiger partial charge on any atom is 0.251 e. The van der Waals surface area contributed by atoms with Gasteiger partial charge in [-0.1, -0.05) is 25.3 Å². The van der Waals surface area contributed by atoms with Gasteiger partial charge in [-0.15, -0.1) is 0 Å². The van der Waals surface area contributed by atoms with Crippen molar-refractivity contribution in [2.45, 2.75) is 19.9 Å². The molecule has 0 aliphatic carbocycles. The van der Waals surface area contributed by atoms with Crippen LogP contribution in [0.15, 0.2) is 55.3 Å². The number of aromatic nitrogens is 2. The summed E-state index contributed by atoms with van der Waals surface area (Å²) in [7, 11) is 1.66. The van der Waals surface area contributed by atoms with Crippen LogP contribution in [-0.4, -0.2) is 36.1 Å². The van der Waals surface area contributed by atoms with Crippen molar-refractivity contribution in [3.8, 4) is 0 Å². The van der Waals surface area contributed by atoms with Crippen LogP contribution in [0.2, 0.25) is 0 Å². The minimum atomic E-state index is -0.149. The lowest BCUT2D eigenvalue weighted by Gasteiger charge is -2.11. The molecular formula is C21H26N4O2. The third-order valence-corrected chi connectivity index (χ3v) is 4.02. The average molecular weight is 366 g/mol. The molecule has 1 amide bonds. The number of hydrogen-bond acceptors (Lipinski definition) is 5. The van der Waals surface area contributed by atoms with Gasteiger partial charge in [0.2, 0.25) is 0 Å². The van der Waals surface area contributed by atoms with Crippen LogP contribution in [0.1, 0.15) is 27.3 Å². The number of pyridine rings is 2. The predicted molar refractivity (Wildman–Crippen MR) is 108 cm³/mol. The molecule has 0 aliphatic rings. The van der Waals surface area contributed by atoms with Crippen molar-refractivity contribution in [3.63, 3.8) is 0 Å². The summed E-state index contributed by atoms with van der Waals surface area (Å²) in [5.41, 5.74) is 4.06. The van der Waals surface area contributed by atoms with Crippen LogP contribution in [0.5, 0.6) is 0 Å². The topological polar surface area (TPSA) is 76.1 Å². The minimum absolute atomic E-state index is 0.149. The maximum absolute atomic E-state index is 12.5. The fourth-order valence-electron chi connectivity index (χ4n) is 2.45. The zero-order valence-corrected chi connectivity index (χ0v) is 15.9. The number of aryl methyl sites for hydroxylation is 1. The van der Waals surface area contributed by atoms with E-state index in [-0.39, 0.29) is 5.91 Å². The van der Waals surface area contributed by atoms with Crippen molar-refractivity contribution < 1.29 is 9.53 Å². The number of nitrogens with one attached hydrogen (secondary N) is 2. The van der Waals surface area contributed by atoms with E-state index in [0.29, 0.717) is 31.7 Å². The summed E-state index contributed by atoms with van der Waals surface area (Å²) in [4.78, 5) is 21.2. The number of carbonyl (C=O) groups is 1. The van der Waals surface area contributed by atoms with Crippen LogP contribution in [0.4, 0.5) is 5.82 Å². The first-order valence-corrected chi connectivity index (χ1v) is 8.76. The number of rotatable bonds is 10. The van der Waals surface area contributed by atoms with Gasteiger partial charge < -0.3 is 15.4 Å². The molecular weight excluding hydrogens is 340 g/mol. The lowest BCUT2D eigenvalue weighted by atomic mass is 10.1. The third kappa shape index (κ3) is 6.34. The molecule has 0 atom stereocenters. The minimum Gasteiger partial charge on any atom is -0.383 e. The summed E-state index contributed by atoms with van der Waals surface area (Å²) in [6, 6.07) is 7.33. The molecule has 0 radical (unpaired) electrons. The second-order valence-electron chi connectivity index (χ2n) is 6.12. The van der Waals surface area contributed by atoms with Gasteiger partial charge in [-0.05, 0) is 36.3 Å². The normalized spacial score (nSPS) is 10.3. The second-order valence-corrected chi connectivity index (χ2v) is 6.12. The average Bonchev–Trinajstić information content (AvgIpc) is 2.67. The summed E-state index contributed by atoms with van der Waals surface area (Å²) in [5, 5.41) is 6.12. The van der Waals surface area contributed by atoms with Gasteiger partial charge in [0.15, 0.2) is 0 Å². The van der Waals surface area contributed by atoms with Crippen LogP contribution in [-0.2, 0) is 17.7 Å². The van der Waals surface area contributed by atoms with E-state index < -0.39 is 0 Å². The highest BCUT2D eigenvalue weighted by atomic mass is 16.5. The zero-order valence-electron chi connectivity index (χ0n) is 15.9. The van der Waals surface area contributed by atoms with Crippen molar-refractivity contribution in [3.05, 3.63) is 77.8 Å². The SMILES string of the molecule is C=CC(=C)Cc1cc(C(=O)NCc2ccc(NCCOC)nc2C)ccn1. The number of hydrogen-bond donors (Lipinski definition) is 2. The number of nitrogens with zero attached hydrogens (tertiary/aromatic N) is 2. The summed E-state index contributed by atoms with van der Waals surface area (Å²) in [6.07, 6.45) is 3.90. The molecule has 2 N–H and O–H groups in total. The molecule has 2 rings (SSSR count). The van der Waals surface area contributed by atoms with Gasteiger partial charge in [0, 0.05) is 49.8 Å². The molecule has 2 aromatic heterocycles. The molecule has 6 nitrogen and oxygen atoms in total. The Morgan fingerprint density at radius 2 is 2.15 bits per heavy atom. The van der Waals surface area contributed by atoms with Gasteiger partial charge in [0.05, 0.1) is 6.61 Å². The van der Waals surface area contributed by atoms with Crippen LogP contribution in [0.25, 0.3) is 0 Å². The summed E-state index contributed by atoms with van der Waals surface area (Å²) >= 11 is 0. The highest BCUT2D eigenvalue weighted by molar-refractivity contribution is 5.94. The van der Waals surface area contributed by atoms with Gasteiger partial charge in [-0.2, -0.15) is 0 Å². The van der Waals surface area contributed by atoms with Gasteiger partial charge in [-0.25, -0.2) is 4.98 Å². The molecule has 2 aromatic rings. The lowest BCUT2D eigenvalue weighted by Crippen LogP contribution is -2.23. The highest BCUT2D eigenvalue weighted by Gasteiger charge is 2.09. The molecule has 2 heterocycles. The van der Waals surface area contributed by atoms with Gasteiger partial charge in [-0.3, -0.25) is 9.78 Å². The Bertz CT molecular complexity index is 818. The molecule has 0 saturated carbocycles. The Balaban J connectivity index is 1.96. The van der Waals surface area contributed by atoms with E-state index in [9.17, 15) is 4.79 Å². The first-order chi connectivity index (χ1) is 13.0. The van der Waals surface area contributed by atoms with Crippen molar-refractivity contribution in [1.29, 1.82) is 0 Å². The Labute approximate surface area is 160 Å². The molecule has 0 fully saturated rings. The molecule has 0 aromatic carbocycles. The number of anilines is 1. The molecule has 27 heavy (non-hydrogen) atoms. The number of allylic oxidation sites excluding steroid dienone is 2. The standard InChI is InChI=1S/C21H26N4O2/c1-5-15(2)12-19-13-17(8-9-22-19)21(26)24-14-18-6-7-20(25-16(18)3)23-10-11-27-4/h5-9,13H,1-2,10-12,14H2,3-4H3,(H,23,25)(H,24,26). The summed E-state index contributed by atoms with van der Waals surface area (Å²) in [6.45, 7) is 11.2. The Kier molecular flexibility index (Phi) is 7.70. The summed E-state index contributed by atoms with van der Waals surface area (Å²) < 4.78 is 5.01. The van der Waals surface area contributed by atoms with E-state index in [1.54, 1.807) is 31.5 Å². The molecule has 0 spiro atoms. The van der Waals surface area contributed by atoms with E-state index in [0.717, 1.165) is 28.3 Å². The summed E-state index contributed by atoms with van der Waals surface area (Å²) in [5.74, 6) is 0.644. The molecule has 0 unspecified atom stereocenters. The predicted octanol–water partition coefficient (Wildman–Crippen LogP) is 3.06. The fourth-order valence-corrected chi connectivity index (χ4v) is 2.45. The Morgan fingerprint density at radius 1 is 1.33 bits per heavy atom. The second kappa shape index (κ2) is 10.2. The molecule has 6 heteroatoms. The highest BCUT2D eigenvalue weighted by Crippen LogP contribution is 2.11. The van der Waals surface area contributed by atoms with E-state index in [1.807, 2.05) is 19.1 Å². The maximum atomic E-state index is 12.5. The van der Waals surface area contributed by atoms with Crippen molar-refractivity contribution in [1.82, 2.24) is 15.3 Å². The Morgan fingerprint density at radius 3 is 2.85 bits per heavy atom. The molecule has 0 bridgehead atoms. The number of carbonyl (C=O) groups excluding carboxylic acids is 1. The van der Waals surface area contributed by atoms with E-state index in [2.05, 4.69) is 33.8 Å².